The maximum Gasteiger partial charge on any atom is 0.471 e. The quantitative estimate of drug-likeness (QED) is 0.101. The van der Waals surface area contributed by atoms with E-state index in [1.54, 1.807) is 67.0 Å². The second kappa shape index (κ2) is 28.0. The Bertz CT molecular complexity index is 3590. The zero-order valence-corrected chi connectivity index (χ0v) is 44.5. The van der Waals surface area contributed by atoms with E-state index >= 15 is 0 Å². The average Bonchev–Trinajstić information content (AvgIpc) is 4.53. The molecule has 3 N–H and O–H groups in total. The van der Waals surface area contributed by atoms with E-state index in [1.807, 2.05) is 0 Å². The Balaban J connectivity index is 0.000000183. The number of alkyl halides is 16. The first-order valence-electron chi connectivity index (χ1n) is 22.0. The number of nitrogens with zero attached hydrogens (tertiary/aromatic N) is 14. The van der Waals surface area contributed by atoms with E-state index in [-0.39, 0.29) is 35.0 Å². The molecule has 10 rings (SSSR count). The van der Waals surface area contributed by atoms with Crippen LogP contribution in [0.4, 0.5) is 94.6 Å². The van der Waals surface area contributed by atoms with Crippen LogP contribution in [0.15, 0.2) is 144 Å². The van der Waals surface area contributed by atoms with Gasteiger partial charge in [0.2, 0.25) is 11.6 Å². The van der Waals surface area contributed by atoms with Gasteiger partial charge in [-0.05, 0) is 78.9 Å². The van der Waals surface area contributed by atoms with Crippen molar-refractivity contribution < 1.29 is 74.9 Å². The summed E-state index contributed by atoms with van der Waals surface area (Å²) >= 11 is 10.8. The summed E-state index contributed by atoms with van der Waals surface area (Å²) in [5.74, 6) is -3.12. The molecule has 0 unspecified atom stereocenters. The van der Waals surface area contributed by atoms with Crippen LogP contribution >= 0.6 is 50.2 Å². The zero-order chi connectivity index (χ0) is 60.6. The molecule has 0 bridgehead atoms. The van der Waals surface area contributed by atoms with Gasteiger partial charge in [0.15, 0.2) is 16.8 Å². The molecule has 0 saturated carbocycles. The van der Waals surface area contributed by atoms with Crippen LogP contribution < -0.4 is 16.0 Å². The van der Waals surface area contributed by atoms with Gasteiger partial charge in [-0.3, -0.25) is 15.0 Å². The molecule has 0 spiro atoms. The number of rotatable bonds is 9. The average molecular weight is 1300 g/mol. The first-order chi connectivity index (χ1) is 39.1. The molecule has 18 nitrogen and oxygen atoms in total. The molecular formula is C46H29BrClF15N16O2S2. The first-order valence-corrected chi connectivity index (χ1v) is 25.1. The molecule has 0 saturated heterocycles. The Labute approximate surface area is 475 Å². The summed E-state index contributed by atoms with van der Waals surface area (Å²) in [6.07, 6.45) is -11.6. The molecule has 0 radical (unpaired) electrons. The summed E-state index contributed by atoms with van der Waals surface area (Å²) in [5, 5.41) is 30.1. The summed E-state index contributed by atoms with van der Waals surface area (Å²) in [6, 6.07) is 18.9. The van der Waals surface area contributed by atoms with Crippen LogP contribution in [-0.2, 0) is 42.8 Å². The Morgan fingerprint density at radius 1 is 0.530 bits per heavy atom. The molecular weight excluding hydrogens is 1270 g/mol. The molecule has 0 aliphatic heterocycles. The molecule has 0 fully saturated rings. The molecule has 0 atom stereocenters. The third-order valence-corrected chi connectivity index (χ3v) is 12.7. The highest BCUT2D eigenvalue weighted by atomic mass is 79.9. The van der Waals surface area contributed by atoms with E-state index < -0.39 is 59.4 Å². The summed E-state index contributed by atoms with van der Waals surface area (Å²) in [5.41, 5.74) is 4.45. The minimum atomic E-state index is -4.77. The van der Waals surface area contributed by atoms with Gasteiger partial charge in [-0.1, -0.05) is 37.8 Å². The number of hydrogen-bond donors (Lipinski definition) is 2. The van der Waals surface area contributed by atoms with Gasteiger partial charge in [0, 0.05) is 69.3 Å². The van der Waals surface area contributed by atoms with Crippen molar-refractivity contribution in [3.8, 4) is 21.4 Å². The van der Waals surface area contributed by atoms with Gasteiger partial charge in [-0.2, -0.15) is 91.1 Å². The predicted molar refractivity (Wildman–Crippen MR) is 270 cm³/mol. The van der Waals surface area contributed by atoms with E-state index in [0.29, 0.717) is 56.0 Å². The Hall–Kier alpha value is -8.51. The van der Waals surface area contributed by atoms with Crippen molar-refractivity contribution in [1.29, 1.82) is 0 Å². The topological polar surface area (TPSA) is 235 Å². The minimum Gasteiger partial charge on any atom is -0.399 e. The lowest BCUT2D eigenvalue weighted by atomic mass is 10.2. The number of halogens is 17. The van der Waals surface area contributed by atoms with Crippen LogP contribution in [0.3, 0.4) is 0 Å². The fraction of sp³-hybridized carbons (Fsp3) is 0.152. The highest BCUT2D eigenvalue weighted by molar-refractivity contribution is 9.08. The van der Waals surface area contributed by atoms with Gasteiger partial charge in [0.1, 0.15) is 0 Å². The number of nitrogens with two attached hydrogens (primary N) is 1. The summed E-state index contributed by atoms with van der Waals surface area (Å²) in [6.45, 7) is 0.0502. The molecule has 10 heterocycles. The number of aromatic nitrogens is 13. The van der Waals surface area contributed by atoms with Crippen LogP contribution in [0.1, 0.15) is 38.2 Å². The van der Waals surface area contributed by atoms with Crippen molar-refractivity contribution >= 4 is 78.9 Å². The molecule has 83 heavy (non-hydrogen) atoms. The number of nitrogens with one attached hydrogen (secondary N) is 1. The van der Waals surface area contributed by atoms with Crippen molar-refractivity contribution in [1.82, 2.24) is 65.8 Å². The smallest absolute Gasteiger partial charge is 0.399 e. The van der Waals surface area contributed by atoms with Gasteiger partial charge < -0.3 is 25.0 Å². The lowest BCUT2D eigenvalue weighted by Crippen LogP contribution is -2.19. The zero-order valence-electron chi connectivity index (χ0n) is 40.5. The van der Waals surface area contributed by atoms with Crippen LogP contribution in [0.25, 0.3) is 21.4 Å². The van der Waals surface area contributed by atoms with Gasteiger partial charge in [-0.15, -0.1) is 38.0 Å². The fourth-order valence-corrected chi connectivity index (χ4v) is 8.08. The van der Waals surface area contributed by atoms with Crippen molar-refractivity contribution in [3.05, 3.63) is 178 Å². The largest absolute Gasteiger partial charge is 0.471 e. The number of anilines is 5. The van der Waals surface area contributed by atoms with Gasteiger partial charge in [0.05, 0.1) is 51.6 Å². The second-order valence-electron chi connectivity index (χ2n) is 15.3. The minimum absolute atomic E-state index is 0.0334. The third kappa shape index (κ3) is 19.9. The fourth-order valence-electron chi connectivity index (χ4n) is 5.68. The molecule has 436 valence electrons. The third-order valence-electron chi connectivity index (χ3n) is 9.36. The number of hydrogen-bond acceptors (Lipinski definition) is 20. The van der Waals surface area contributed by atoms with Crippen molar-refractivity contribution in [3.63, 3.8) is 0 Å². The molecule has 10 aromatic heterocycles. The Kier molecular flexibility index (Phi) is 21.5. The molecule has 37 heteroatoms. The molecule has 0 aliphatic carbocycles. The van der Waals surface area contributed by atoms with Crippen molar-refractivity contribution in [2.45, 2.75) is 42.8 Å². The normalized spacial score (nSPS) is 11.6. The Morgan fingerprint density at radius 3 is 1.41 bits per heavy atom. The highest BCUT2D eigenvalue weighted by Gasteiger charge is 2.40. The number of thiophene rings is 2. The lowest BCUT2D eigenvalue weighted by molar-refractivity contribution is -0.160. The van der Waals surface area contributed by atoms with Crippen LogP contribution in [0.2, 0.25) is 5.15 Å². The lowest BCUT2D eigenvalue weighted by Gasteiger charge is -2.23. The monoisotopic (exact) mass is 1300 g/mol. The Morgan fingerprint density at radius 2 is 0.976 bits per heavy atom. The van der Waals surface area contributed by atoms with E-state index in [4.69, 9.17) is 17.3 Å². The van der Waals surface area contributed by atoms with E-state index in [9.17, 15) is 65.9 Å². The number of pyridine rings is 3. The van der Waals surface area contributed by atoms with E-state index in [1.165, 1.54) is 47.1 Å². The molecule has 0 aromatic carbocycles. The van der Waals surface area contributed by atoms with Crippen LogP contribution in [0, 0.1) is 0 Å². The van der Waals surface area contributed by atoms with Gasteiger partial charge in [-0.25, -0.2) is 0 Å². The summed E-state index contributed by atoms with van der Waals surface area (Å²) in [7, 11) is 0. The van der Waals surface area contributed by atoms with E-state index in [0.717, 1.165) is 34.0 Å². The molecule has 0 aliphatic rings. The molecule has 0 amide bonds. The van der Waals surface area contributed by atoms with Crippen molar-refractivity contribution in [2.75, 3.05) is 16.0 Å². The van der Waals surface area contributed by atoms with Crippen LogP contribution in [-0.4, -0.2) is 65.8 Å². The second-order valence-corrected chi connectivity index (χ2v) is 18.6. The number of nitrogen functional groups attached to an aromatic ring is 1. The summed E-state index contributed by atoms with van der Waals surface area (Å²) in [4.78, 5) is 22.0. The van der Waals surface area contributed by atoms with Crippen LogP contribution in [0.5, 0.6) is 0 Å². The SMILES string of the molecule is FC(F)(F)c1cnnc(Cl)c1.FC(F)(F)c1cnnc(N(Cc2ccc(-c3noc(C(F)(F)F)n3)s2)c2ccncc2)c1.FC(F)(F)c1cnnc(Nc2ccncc2)c1.FC(F)(F)c1nc(-c2ccc(CBr)s2)no1.Nc1ccncc1. The predicted octanol–water partition coefficient (Wildman–Crippen LogP) is 14.5. The highest BCUT2D eigenvalue weighted by Crippen LogP contribution is 2.37. The maximum atomic E-state index is 13.1. The van der Waals surface area contributed by atoms with E-state index in [2.05, 4.69) is 96.1 Å². The first kappa shape index (κ1) is 63.7. The maximum absolute atomic E-state index is 13.1. The standard InChI is InChI=1S/C18H10F6N6OS.C10H7F3N4.C8H4BrF3N2OS.C5H2ClF3N2.C5H6N2/c19-17(20,21)10-7-14(28-26-8-10)30(11-3-5-25-6-4-11)9-12-1-2-13(32-12)15-27-16(31-29-15)18(22,23)24;11-10(12,13)7-5-9(17-15-6-7)16-8-1-3-14-4-2-8;9-3-4-1-2-5(16-4)6-13-7(15-14-6)8(10,11)12;6-4-1-3(2-10-11-4)5(7,8)9;6-5-1-3-7-4-2-5/h1-8H,9H2;1-6H,(H,14,16,17);1-2H,3H2;1-2H;1-4H,(H2,6,7). The van der Waals surface area contributed by atoms with Gasteiger partial charge >= 0.3 is 42.7 Å². The van der Waals surface area contributed by atoms with Crippen molar-refractivity contribution in [2.24, 2.45) is 0 Å². The summed E-state index contributed by atoms with van der Waals surface area (Å²) < 4.78 is 195. The van der Waals surface area contributed by atoms with Gasteiger partial charge in [0.25, 0.3) is 0 Å². The molecule has 10 aromatic rings.